The van der Waals surface area contributed by atoms with E-state index in [1.54, 1.807) is 0 Å². The smallest absolute Gasteiger partial charge is 0.109 e. The number of ether oxygens (including phenoxy) is 1. The molecule has 0 aromatic rings. The first-order chi connectivity index (χ1) is 10.8. The molecule has 0 rings (SSSR count). The van der Waals surface area contributed by atoms with Gasteiger partial charge in [0, 0.05) is 26.7 Å². The van der Waals surface area contributed by atoms with E-state index in [0.717, 1.165) is 0 Å². The second kappa shape index (κ2) is 12.0. The van der Waals surface area contributed by atoms with Crippen molar-refractivity contribution in [2.45, 2.75) is 36.6 Å². The number of nitrogens with zero attached hydrogens (tertiary/aromatic N) is 1. The molecule has 140 valence electrons. The minimum absolute atomic E-state index is 0.180. The van der Waals surface area contributed by atoms with Gasteiger partial charge in [-0.25, -0.2) is 0 Å². The fraction of sp³-hybridized carbons (Fsp3) is 1.00. The fourth-order valence-corrected chi connectivity index (χ4v) is 1.95. The van der Waals surface area contributed by atoms with Gasteiger partial charge in [-0.05, 0) is 0 Å². The second-order valence-corrected chi connectivity index (χ2v) is 5.37. The SMILES string of the molecule is COCCN(C[C@@H](O)[C@H](O)[C@@H](O)CO)C[C@@H](O)[C@H](O)[C@@H](O)CO. The lowest BCUT2D eigenvalue weighted by Gasteiger charge is -2.31. The van der Waals surface area contributed by atoms with Crippen LogP contribution in [-0.4, -0.2) is 129 Å². The standard InChI is InChI=1S/C13H29NO9/c1-23-3-2-14(4-8(17)12(21)10(19)6-15)5-9(18)13(22)11(20)7-16/h8-13,15-22H,2-7H2,1H3/t8-,9-,10+,11+,12+,13+/m1/s1. The summed E-state index contributed by atoms with van der Waals surface area (Å²) < 4.78 is 4.88. The fourth-order valence-electron chi connectivity index (χ4n) is 1.95. The Morgan fingerprint density at radius 3 is 1.43 bits per heavy atom. The molecule has 0 bridgehead atoms. The number of hydrogen-bond donors (Lipinski definition) is 8. The summed E-state index contributed by atoms with van der Waals surface area (Å²) in [6.07, 6.45) is -9.03. The van der Waals surface area contributed by atoms with Crippen LogP contribution in [0.2, 0.25) is 0 Å². The molecule has 0 spiro atoms. The van der Waals surface area contributed by atoms with Gasteiger partial charge in [-0.15, -0.1) is 0 Å². The normalized spacial score (nSPS) is 20.1. The highest BCUT2D eigenvalue weighted by atomic mass is 16.5. The third kappa shape index (κ3) is 8.31. The highest BCUT2D eigenvalue weighted by Crippen LogP contribution is 2.07. The van der Waals surface area contributed by atoms with E-state index in [4.69, 9.17) is 14.9 Å². The van der Waals surface area contributed by atoms with E-state index >= 15 is 0 Å². The number of hydrogen-bond acceptors (Lipinski definition) is 10. The number of rotatable bonds is 13. The summed E-state index contributed by atoms with van der Waals surface area (Å²) >= 11 is 0. The zero-order valence-electron chi connectivity index (χ0n) is 13.1. The van der Waals surface area contributed by atoms with Gasteiger partial charge in [-0.3, -0.25) is 4.90 Å². The van der Waals surface area contributed by atoms with Crippen molar-refractivity contribution in [2.75, 3.05) is 46.6 Å². The van der Waals surface area contributed by atoms with Crippen molar-refractivity contribution in [3.63, 3.8) is 0 Å². The van der Waals surface area contributed by atoms with Gasteiger partial charge in [0.25, 0.3) is 0 Å². The summed E-state index contributed by atoms with van der Waals surface area (Å²) in [6.45, 7) is -1.34. The summed E-state index contributed by atoms with van der Waals surface area (Å²) in [6, 6.07) is 0. The van der Waals surface area contributed by atoms with Crippen LogP contribution in [0, 0.1) is 0 Å². The van der Waals surface area contributed by atoms with Gasteiger partial charge >= 0.3 is 0 Å². The molecule has 0 aromatic carbocycles. The van der Waals surface area contributed by atoms with Crippen molar-refractivity contribution in [1.29, 1.82) is 0 Å². The average molecular weight is 343 g/mol. The topological polar surface area (TPSA) is 174 Å². The molecule has 0 saturated carbocycles. The Morgan fingerprint density at radius 2 is 1.13 bits per heavy atom. The lowest BCUT2D eigenvalue weighted by molar-refractivity contribution is -0.101. The minimum atomic E-state index is -1.59. The minimum Gasteiger partial charge on any atom is -0.394 e. The van der Waals surface area contributed by atoms with Crippen LogP contribution in [0.4, 0.5) is 0 Å². The zero-order valence-corrected chi connectivity index (χ0v) is 13.1. The third-order valence-corrected chi connectivity index (χ3v) is 3.45. The predicted molar refractivity (Wildman–Crippen MR) is 78.5 cm³/mol. The maximum absolute atomic E-state index is 9.86. The molecule has 0 unspecified atom stereocenters. The lowest BCUT2D eigenvalue weighted by Crippen LogP contribution is -2.51. The van der Waals surface area contributed by atoms with Crippen LogP contribution in [0.5, 0.6) is 0 Å². The van der Waals surface area contributed by atoms with Gasteiger partial charge in [0.1, 0.15) is 24.4 Å². The molecule has 10 nitrogen and oxygen atoms in total. The summed E-state index contributed by atoms with van der Waals surface area (Å²) in [4.78, 5) is 1.44. The van der Waals surface area contributed by atoms with Crippen molar-refractivity contribution in [3.8, 4) is 0 Å². The van der Waals surface area contributed by atoms with E-state index in [9.17, 15) is 30.6 Å². The van der Waals surface area contributed by atoms with E-state index in [1.165, 1.54) is 12.0 Å². The van der Waals surface area contributed by atoms with E-state index in [2.05, 4.69) is 0 Å². The van der Waals surface area contributed by atoms with Gasteiger partial charge in [-0.1, -0.05) is 0 Å². The Bertz CT molecular complexity index is 273. The van der Waals surface area contributed by atoms with Crippen LogP contribution in [0.15, 0.2) is 0 Å². The van der Waals surface area contributed by atoms with Crippen molar-refractivity contribution >= 4 is 0 Å². The van der Waals surface area contributed by atoms with Crippen LogP contribution in [0.3, 0.4) is 0 Å². The molecule has 0 aliphatic heterocycles. The molecule has 0 saturated heterocycles. The van der Waals surface area contributed by atoms with Crippen molar-refractivity contribution in [1.82, 2.24) is 4.90 Å². The van der Waals surface area contributed by atoms with Gasteiger partial charge in [-0.2, -0.15) is 0 Å². The number of aliphatic hydroxyl groups is 8. The molecule has 0 fully saturated rings. The lowest BCUT2D eigenvalue weighted by atomic mass is 10.1. The maximum atomic E-state index is 9.86. The maximum Gasteiger partial charge on any atom is 0.109 e. The van der Waals surface area contributed by atoms with Crippen molar-refractivity contribution < 1.29 is 45.6 Å². The highest BCUT2D eigenvalue weighted by molar-refractivity contribution is 4.82. The van der Waals surface area contributed by atoms with Crippen LogP contribution in [0.25, 0.3) is 0 Å². The zero-order chi connectivity index (χ0) is 18.0. The molecule has 10 heteroatoms. The Labute approximate surface area is 134 Å². The Balaban J connectivity index is 4.67. The Morgan fingerprint density at radius 1 is 0.739 bits per heavy atom. The van der Waals surface area contributed by atoms with E-state index in [-0.39, 0.29) is 26.2 Å². The number of aliphatic hydroxyl groups excluding tert-OH is 8. The molecule has 6 atom stereocenters. The molecule has 0 amide bonds. The molecule has 23 heavy (non-hydrogen) atoms. The van der Waals surface area contributed by atoms with Crippen molar-refractivity contribution in [3.05, 3.63) is 0 Å². The van der Waals surface area contributed by atoms with Gasteiger partial charge in [0.2, 0.25) is 0 Å². The quantitative estimate of drug-likeness (QED) is 0.162. The van der Waals surface area contributed by atoms with E-state index in [1.807, 2.05) is 0 Å². The predicted octanol–water partition coefficient (Wildman–Crippen LogP) is -4.92. The van der Waals surface area contributed by atoms with Gasteiger partial charge in [0.05, 0.1) is 32.0 Å². The monoisotopic (exact) mass is 343 g/mol. The first kappa shape index (κ1) is 22.6. The molecular weight excluding hydrogens is 314 g/mol. The highest BCUT2D eigenvalue weighted by Gasteiger charge is 2.29. The largest absolute Gasteiger partial charge is 0.394 e. The molecule has 0 aliphatic carbocycles. The van der Waals surface area contributed by atoms with Gasteiger partial charge < -0.3 is 45.6 Å². The first-order valence-electron chi connectivity index (χ1n) is 7.29. The van der Waals surface area contributed by atoms with E-state index < -0.39 is 49.8 Å². The van der Waals surface area contributed by atoms with Crippen LogP contribution in [0.1, 0.15) is 0 Å². The molecule has 0 aromatic heterocycles. The molecule has 0 aliphatic rings. The van der Waals surface area contributed by atoms with Crippen LogP contribution >= 0.6 is 0 Å². The summed E-state index contributed by atoms with van der Waals surface area (Å²) in [5.41, 5.74) is 0. The summed E-state index contributed by atoms with van der Waals surface area (Å²) in [5.74, 6) is 0. The molecular formula is C13H29NO9. The number of methoxy groups -OCH3 is 1. The molecule has 0 radical (unpaired) electrons. The van der Waals surface area contributed by atoms with E-state index in [0.29, 0.717) is 0 Å². The molecule has 0 heterocycles. The van der Waals surface area contributed by atoms with Crippen LogP contribution < -0.4 is 0 Å². The Kier molecular flexibility index (Phi) is 11.8. The Hall–Kier alpha value is -0.400. The third-order valence-electron chi connectivity index (χ3n) is 3.45. The van der Waals surface area contributed by atoms with Crippen molar-refractivity contribution in [2.24, 2.45) is 0 Å². The van der Waals surface area contributed by atoms with Gasteiger partial charge in [0.15, 0.2) is 0 Å². The van der Waals surface area contributed by atoms with Crippen LogP contribution in [-0.2, 0) is 4.74 Å². The summed E-state index contributed by atoms with van der Waals surface area (Å²) in [5, 5.41) is 75.1. The second-order valence-electron chi connectivity index (χ2n) is 5.37. The molecule has 8 N–H and O–H groups in total. The summed E-state index contributed by atoms with van der Waals surface area (Å²) in [7, 11) is 1.44. The average Bonchev–Trinajstić information content (AvgIpc) is 2.56. The first-order valence-corrected chi connectivity index (χ1v) is 7.29.